The van der Waals surface area contributed by atoms with Crippen molar-refractivity contribution < 1.29 is 23.0 Å². The molecule has 2 aromatic rings. The number of hydrogen-bond donors (Lipinski definition) is 1. The summed E-state index contributed by atoms with van der Waals surface area (Å²) in [5.74, 6) is -0.216. The second-order valence-corrected chi connectivity index (χ2v) is 4.81. The van der Waals surface area contributed by atoms with Gasteiger partial charge in [-0.1, -0.05) is 0 Å². The molecule has 1 aromatic heterocycles. The number of fused-ring (bicyclic) bond motifs is 1. The fourth-order valence-electron chi connectivity index (χ4n) is 2.47. The molecule has 0 amide bonds. The Kier molecular flexibility index (Phi) is 3.08. The lowest BCUT2D eigenvalue weighted by atomic mass is 10.1. The maximum Gasteiger partial charge on any atom is 0.435 e. The Bertz CT molecular complexity index is 630. The summed E-state index contributed by atoms with van der Waals surface area (Å²) in [7, 11) is 0. The monoisotopic (exact) mass is 286 g/mol. The molecule has 0 spiro atoms. The van der Waals surface area contributed by atoms with Crippen LogP contribution in [0.1, 0.15) is 31.2 Å². The molecule has 1 fully saturated rings. The van der Waals surface area contributed by atoms with Crippen LogP contribution in [0, 0.1) is 0 Å². The van der Waals surface area contributed by atoms with E-state index < -0.39 is 18.1 Å². The fourth-order valence-corrected chi connectivity index (χ4v) is 2.47. The number of aromatic hydroxyl groups is 1. The third kappa shape index (κ3) is 2.22. The molecule has 2 heterocycles. The number of alkyl halides is 3. The molecule has 0 radical (unpaired) electrons. The van der Waals surface area contributed by atoms with Crippen LogP contribution in [-0.4, -0.2) is 21.5 Å². The highest BCUT2D eigenvalue weighted by Crippen LogP contribution is 2.37. The quantitative estimate of drug-likeness (QED) is 0.873. The molecule has 0 bridgehead atoms. The van der Waals surface area contributed by atoms with Crippen molar-refractivity contribution in [2.24, 2.45) is 0 Å². The summed E-state index contributed by atoms with van der Waals surface area (Å²) in [5, 5.41) is 13.0. The van der Waals surface area contributed by atoms with Crippen molar-refractivity contribution in [2.45, 2.75) is 31.7 Å². The highest BCUT2D eigenvalue weighted by Gasteiger charge is 2.38. The average molecular weight is 286 g/mol. The van der Waals surface area contributed by atoms with Crippen LogP contribution in [0.2, 0.25) is 0 Å². The van der Waals surface area contributed by atoms with E-state index in [2.05, 4.69) is 5.10 Å². The van der Waals surface area contributed by atoms with Crippen molar-refractivity contribution in [2.75, 3.05) is 6.61 Å². The summed E-state index contributed by atoms with van der Waals surface area (Å²) in [6, 6.07) is 3.87. The first-order chi connectivity index (χ1) is 9.47. The first kappa shape index (κ1) is 13.2. The van der Waals surface area contributed by atoms with Crippen LogP contribution in [0.25, 0.3) is 10.9 Å². The van der Waals surface area contributed by atoms with Crippen molar-refractivity contribution in [3.8, 4) is 5.75 Å². The van der Waals surface area contributed by atoms with Crippen molar-refractivity contribution in [3.63, 3.8) is 0 Å². The van der Waals surface area contributed by atoms with Crippen LogP contribution in [-0.2, 0) is 10.9 Å². The van der Waals surface area contributed by atoms with Crippen molar-refractivity contribution in [1.29, 1.82) is 0 Å². The standard InChI is InChI=1S/C13H13F3N2O2/c14-13(15,16)12-9-7-8(19)4-5-10(9)18(17-12)11-3-1-2-6-20-11/h4-5,7,11,19H,1-3,6H2/t11-/m1/s1. The van der Waals surface area contributed by atoms with Crippen LogP contribution in [0.3, 0.4) is 0 Å². The molecular formula is C13H13F3N2O2. The molecule has 1 N–H and O–H groups in total. The summed E-state index contributed by atoms with van der Waals surface area (Å²) in [4.78, 5) is 0. The van der Waals surface area contributed by atoms with Gasteiger partial charge in [-0.05, 0) is 37.5 Å². The predicted molar refractivity (Wildman–Crippen MR) is 65.2 cm³/mol. The van der Waals surface area contributed by atoms with E-state index >= 15 is 0 Å². The van der Waals surface area contributed by atoms with E-state index in [-0.39, 0.29) is 11.1 Å². The number of nitrogens with zero attached hydrogens (tertiary/aromatic N) is 2. The van der Waals surface area contributed by atoms with E-state index in [1.165, 1.54) is 16.8 Å². The molecule has 7 heteroatoms. The van der Waals surface area contributed by atoms with Gasteiger partial charge in [-0.3, -0.25) is 0 Å². The highest BCUT2D eigenvalue weighted by molar-refractivity contribution is 5.84. The molecule has 0 unspecified atom stereocenters. The van der Waals surface area contributed by atoms with Gasteiger partial charge in [0.05, 0.1) is 5.52 Å². The number of ether oxygens (including phenoxy) is 1. The second-order valence-electron chi connectivity index (χ2n) is 4.81. The fraction of sp³-hybridized carbons (Fsp3) is 0.462. The van der Waals surface area contributed by atoms with Gasteiger partial charge >= 0.3 is 6.18 Å². The summed E-state index contributed by atoms with van der Waals surface area (Å²) in [6.45, 7) is 0.519. The molecule has 1 saturated heterocycles. The zero-order valence-electron chi connectivity index (χ0n) is 10.5. The van der Waals surface area contributed by atoms with E-state index in [1.807, 2.05) is 0 Å². The van der Waals surface area contributed by atoms with Crippen LogP contribution in [0.4, 0.5) is 13.2 Å². The van der Waals surface area contributed by atoms with Gasteiger partial charge in [-0.15, -0.1) is 0 Å². The minimum Gasteiger partial charge on any atom is -0.508 e. The largest absolute Gasteiger partial charge is 0.508 e. The summed E-state index contributed by atoms with van der Waals surface area (Å²) >= 11 is 0. The van der Waals surface area contributed by atoms with E-state index in [4.69, 9.17) is 4.74 Å². The van der Waals surface area contributed by atoms with Crippen molar-refractivity contribution >= 4 is 10.9 Å². The van der Waals surface area contributed by atoms with Crippen LogP contribution >= 0.6 is 0 Å². The molecule has 1 aromatic carbocycles. The minimum absolute atomic E-state index is 0.105. The maximum atomic E-state index is 13.0. The lowest BCUT2D eigenvalue weighted by molar-refractivity contribution is -0.141. The first-order valence-corrected chi connectivity index (χ1v) is 6.37. The number of phenols is 1. The zero-order valence-corrected chi connectivity index (χ0v) is 10.5. The number of phenolic OH excluding ortho intramolecular Hbond substituents is 1. The number of aromatic nitrogens is 2. The van der Waals surface area contributed by atoms with Crippen LogP contribution in [0.5, 0.6) is 5.75 Å². The molecule has 3 rings (SSSR count). The summed E-state index contributed by atoms with van der Waals surface area (Å²) in [5.41, 5.74) is -0.667. The molecule has 20 heavy (non-hydrogen) atoms. The molecule has 4 nitrogen and oxygen atoms in total. The Hall–Kier alpha value is -1.76. The Morgan fingerprint density at radius 2 is 2.10 bits per heavy atom. The topological polar surface area (TPSA) is 47.3 Å². The third-order valence-corrected chi connectivity index (χ3v) is 3.39. The van der Waals surface area contributed by atoms with Gasteiger partial charge in [0.15, 0.2) is 11.9 Å². The molecule has 0 aliphatic carbocycles. The Balaban J connectivity index is 2.17. The Morgan fingerprint density at radius 1 is 1.30 bits per heavy atom. The number of rotatable bonds is 1. The lowest BCUT2D eigenvalue weighted by Crippen LogP contribution is -2.19. The smallest absolute Gasteiger partial charge is 0.435 e. The van der Waals surface area contributed by atoms with Gasteiger partial charge in [0, 0.05) is 12.0 Å². The lowest BCUT2D eigenvalue weighted by Gasteiger charge is -2.23. The molecule has 108 valence electrons. The van der Waals surface area contributed by atoms with Crippen LogP contribution in [0.15, 0.2) is 18.2 Å². The zero-order chi connectivity index (χ0) is 14.3. The average Bonchev–Trinajstić information content (AvgIpc) is 2.78. The number of hydrogen-bond acceptors (Lipinski definition) is 3. The SMILES string of the molecule is Oc1ccc2c(c1)c(C(F)(F)F)nn2[C@H]1CCCCO1. The summed E-state index contributed by atoms with van der Waals surface area (Å²) < 4.78 is 45.9. The van der Waals surface area contributed by atoms with Crippen LogP contribution < -0.4 is 0 Å². The Labute approximate surface area is 112 Å². The minimum atomic E-state index is -4.56. The first-order valence-electron chi connectivity index (χ1n) is 6.37. The van der Waals surface area contributed by atoms with E-state index in [0.29, 0.717) is 18.5 Å². The van der Waals surface area contributed by atoms with Gasteiger partial charge in [-0.2, -0.15) is 18.3 Å². The van der Waals surface area contributed by atoms with E-state index in [0.717, 1.165) is 18.9 Å². The van der Waals surface area contributed by atoms with Gasteiger partial charge in [0.2, 0.25) is 0 Å². The maximum absolute atomic E-state index is 13.0. The van der Waals surface area contributed by atoms with Crippen molar-refractivity contribution in [1.82, 2.24) is 9.78 Å². The normalized spacial score (nSPS) is 20.4. The molecule has 1 aliphatic rings. The Morgan fingerprint density at radius 3 is 2.75 bits per heavy atom. The summed E-state index contributed by atoms with van der Waals surface area (Å²) in [6.07, 6.45) is -2.61. The van der Waals surface area contributed by atoms with E-state index in [9.17, 15) is 18.3 Å². The second kappa shape index (κ2) is 4.66. The number of halogens is 3. The molecule has 0 saturated carbocycles. The molecule has 1 aliphatic heterocycles. The van der Waals surface area contributed by atoms with Gasteiger partial charge in [0.25, 0.3) is 0 Å². The van der Waals surface area contributed by atoms with Gasteiger partial charge < -0.3 is 9.84 Å². The van der Waals surface area contributed by atoms with Gasteiger partial charge in [0.1, 0.15) is 5.75 Å². The predicted octanol–water partition coefficient (Wildman–Crippen LogP) is 3.46. The third-order valence-electron chi connectivity index (χ3n) is 3.39. The molecular weight excluding hydrogens is 273 g/mol. The number of benzene rings is 1. The highest BCUT2D eigenvalue weighted by atomic mass is 19.4. The van der Waals surface area contributed by atoms with Crippen molar-refractivity contribution in [3.05, 3.63) is 23.9 Å². The van der Waals surface area contributed by atoms with Gasteiger partial charge in [-0.25, -0.2) is 4.68 Å². The molecule has 1 atom stereocenters. The van der Waals surface area contributed by atoms with E-state index in [1.54, 1.807) is 0 Å².